The van der Waals surface area contributed by atoms with E-state index in [0.717, 1.165) is 10.6 Å². The first-order valence-corrected chi connectivity index (χ1v) is 12.6. The molecule has 2 aromatic rings. The SMILES string of the molecule is Cc1ccccc1N(CC(=O)N(Cc1ccccc1F)[C@H](C)C(=O)NCC(C)C)S(C)(=O)=O. The van der Waals surface area contributed by atoms with Gasteiger partial charge >= 0.3 is 0 Å². The summed E-state index contributed by atoms with van der Waals surface area (Å²) >= 11 is 0. The highest BCUT2D eigenvalue weighted by Crippen LogP contribution is 2.23. The lowest BCUT2D eigenvalue weighted by Gasteiger charge is -2.32. The van der Waals surface area contributed by atoms with Crippen molar-refractivity contribution in [3.05, 3.63) is 65.5 Å². The summed E-state index contributed by atoms with van der Waals surface area (Å²) in [6.45, 7) is 6.92. The van der Waals surface area contributed by atoms with Crippen LogP contribution in [0.1, 0.15) is 31.9 Å². The van der Waals surface area contributed by atoms with Gasteiger partial charge in [-0.1, -0.05) is 50.2 Å². The van der Waals surface area contributed by atoms with Gasteiger partial charge in [0.15, 0.2) is 0 Å². The van der Waals surface area contributed by atoms with Crippen LogP contribution in [0.3, 0.4) is 0 Å². The third kappa shape index (κ3) is 7.28. The van der Waals surface area contributed by atoms with Crippen LogP contribution in [0.2, 0.25) is 0 Å². The van der Waals surface area contributed by atoms with Crippen LogP contribution in [0.4, 0.5) is 10.1 Å². The van der Waals surface area contributed by atoms with Gasteiger partial charge in [-0.25, -0.2) is 12.8 Å². The maximum absolute atomic E-state index is 14.4. The van der Waals surface area contributed by atoms with Crippen molar-refractivity contribution >= 4 is 27.5 Å². The summed E-state index contributed by atoms with van der Waals surface area (Å²) in [4.78, 5) is 27.4. The molecule has 0 saturated heterocycles. The molecule has 2 aromatic carbocycles. The fourth-order valence-electron chi connectivity index (χ4n) is 3.28. The van der Waals surface area contributed by atoms with Crippen LogP contribution in [0.25, 0.3) is 0 Å². The summed E-state index contributed by atoms with van der Waals surface area (Å²) in [7, 11) is -3.81. The third-order valence-electron chi connectivity index (χ3n) is 5.21. The van der Waals surface area contributed by atoms with Crippen molar-refractivity contribution in [3.63, 3.8) is 0 Å². The molecule has 33 heavy (non-hydrogen) atoms. The van der Waals surface area contributed by atoms with Crippen molar-refractivity contribution in [2.24, 2.45) is 5.92 Å². The lowest BCUT2D eigenvalue weighted by atomic mass is 10.1. The zero-order valence-electron chi connectivity index (χ0n) is 19.7. The molecule has 180 valence electrons. The van der Waals surface area contributed by atoms with Crippen molar-refractivity contribution in [2.45, 2.75) is 40.3 Å². The zero-order valence-corrected chi connectivity index (χ0v) is 20.5. The highest BCUT2D eigenvalue weighted by molar-refractivity contribution is 7.92. The molecule has 0 radical (unpaired) electrons. The van der Waals surface area contributed by atoms with Gasteiger partial charge in [-0.15, -0.1) is 0 Å². The summed E-state index contributed by atoms with van der Waals surface area (Å²) in [5, 5.41) is 2.78. The van der Waals surface area contributed by atoms with Crippen LogP contribution in [0.5, 0.6) is 0 Å². The first-order chi connectivity index (χ1) is 15.4. The number of benzene rings is 2. The molecule has 0 fully saturated rings. The number of aryl methyl sites for hydroxylation is 1. The number of hydrogen-bond acceptors (Lipinski definition) is 4. The third-order valence-corrected chi connectivity index (χ3v) is 6.34. The fraction of sp³-hybridized carbons (Fsp3) is 0.417. The number of halogens is 1. The van der Waals surface area contributed by atoms with Crippen LogP contribution in [0.15, 0.2) is 48.5 Å². The topological polar surface area (TPSA) is 86.8 Å². The number of amides is 2. The first-order valence-electron chi connectivity index (χ1n) is 10.8. The van der Waals surface area contributed by atoms with E-state index in [0.29, 0.717) is 17.8 Å². The molecular weight excluding hydrogens is 445 g/mol. The summed E-state index contributed by atoms with van der Waals surface area (Å²) in [5.41, 5.74) is 1.28. The number of anilines is 1. The van der Waals surface area contributed by atoms with E-state index in [1.54, 1.807) is 44.2 Å². The number of nitrogens with zero attached hydrogens (tertiary/aromatic N) is 2. The van der Waals surface area contributed by atoms with Gasteiger partial charge in [0.2, 0.25) is 21.8 Å². The smallest absolute Gasteiger partial charge is 0.244 e. The maximum atomic E-state index is 14.4. The molecule has 0 spiro atoms. The van der Waals surface area contributed by atoms with Gasteiger partial charge in [0.25, 0.3) is 0 Å². The van der Waals surface area contributed by atoms with Crippen molar-refractivity contribution in [2.75, 3.05) is 23.7 Å². The molecular formula is C24H32FN3O4S. The van der Waals surface area contributed by atoms with Crippen LogP contribution in [-0.4, -0.2) is 50.5 Å². The second-order valence-corrected chi connectivity index (χ2v) is 10.4. The average molecular weight is 478 g/mol. The molecule has 0 bridgehead atoms. The van der Waals surface area contributed by atoms with Gasteiger partial charge < -0.3 is 10.2 Å². The zero-order chi connectivity index (χ0) is 24.8. The molecule has 0 aromatic heterocycles. The molecule has 9 heteroatoms. The van der Waals surface area contributed by atoms with Gasteiger partial charge in [0, 0.05) is 18.7 Å². The summed E-state index contributed by atoms with van der Waals surface area (Å²) in [6.07, 6.45) is 1.02. The highest BCUT2D eigenvalue weighted by Gasteiger charge is 2.30. The van der Waals surface area contributed by atoms with E-state index < -0.39 is 40.2 Å². The molecule has 0 aliphatic carbocycles. The maximum Gasteiger partial charge on any atom is 0.244 e. The molecule has 0 unspecified atom stereocenters. The van der Waals surface area contributed by atoms with E-state index in [4.69, 9.17) is 0 Å². The van der Waals surface area contributed by atoms with Crippen molar-refractivity contribution < 1.29 is 22.4 Å². The largest absolute Gasteiger partial charge is 0.354 e. The van der Waals surface area contributed by atoms with E-state index in [-0.39, 0.29) is 18.0 Å². The van der Waals surface area contributed by atoms with Crippen LogP contribution in [0, 0.1) is 18.7 Å². The molecule has 0 saturated carbocycles. The Bertz CT molecular complexity index is 1090. The minimum atomic E-state index is -3.81. The molecule has 0 heterocycles. The minimum Gasteiger partial charge on any atom is -0.354 e. The fourth-order valence-corrected chi connectivity index (χ4v) is 4.19. The van der Waals surface area contributed by atoms with Crippen LogP contribution < -0.4 is 9.62 Å². The minimum absolute atomic E-state index is 0.173. The van der Waals surface area contributed by atoms with Gasteiger partial charge in [0.05, 0.1) is 11.9 Å². The molecule has 1 atom stereocenters. The molecule has 7 nitrogen and oxygen atoms in total. The summed E-state index contributed by atoms with van der Waals surface area (Å²) in [6, 6.07) is 11.9. The Labute approximate surface area is 195 Å². The molecule has 2 rings (SSSR count). The Morgan fingerprint density at radius 3 is 2.21 bits per heavy atom. The van der Waals surface area contributed by atoms with E-state index in [2.05, 4.69) is 5.32 Å². The standard InChI is InChI=1S/C24H32FN3O4S/c1-17(2)14-26-24(30)19(4)27(15-20-11-7-8-12-21(20)25)23(29)16-28(33(5,31)32)22-13-9-6-10-18(22)3/h6-13,17,19H,14-16H2,1-5H3,(H,26,30)/t19-/m1/s1. The molecule has 0 aliphatic rings. The van der Waals surface area contributed by atoms with E-state index in [9.17, 15) is 22.4 Å². The number of carbonyl (C=O) groups is 2. The van der Waals surface area contributed by atoms with Crippen LogP contribution in [-0.2, 0) is 26.2 Å². The first kappa shape index (κ1) is 26.3. The molecule has 2 amide bonds. The second kappa shape index (κ2) is 11.3. The average Bonchev–Trinajstić information content (AvgIpc) is 2.74. The van der Waals surface area contributed by atoms with Crippen molar-refractivity contribution in [1.82, 2.24) is 10.2 Å². The van der Waals surface area contributed by atoms with Gasteiger partial charge in [-0.2, -0.15) is 0 Å². The lowest BCUT2D eigenvalue weighted by molar-refractivity contribution is -0.139. The number of rotatable bonds is 10. The van der Waals surface area contributed by atoms with E-state index in [1.807, 2.05) is 13.8 Å². The Kier molecular flexibility index (Phi) is 8.99. The van der Waals surface area contributed by atoms with Crippen molar-refractivity contribution in [3.8, 4) is 0 Å². The Morgan fingerprint density at radius 2 is 1.64 bits per heavy atom. The Balaban J connectivity index is 2.39. The second-order valence-electron chi connectivity index (χ2n) is 8.48. The van der Waals surface area contributed by atoms with Gasteiger partial charge in [-0.05, 0) is 37.5 Å². The normalized spacial score (nSPS) is 12.3. The Hall–Kier alpha value is -2.94. The number of para-hydroxylation sites is 1. The van der Waals surface area contributed by atoms with E-state index >= 15 is 0 Å². The number of nitrogens with one attached hydrogen (secondary N) is 1. The monoisotopic (exact) mass is 477 g/mol. The highest BCUT2D eigenvalue weighted by atomic mass is 32.2. The Morgan fingerprint density at radius 1 is 1.03 bits per heavy atom. The quantitative estimate of drug-likeness (QED) is 0.570. The predicted octanol–water partition coefficient (Wildman–Crippen LogP) is 3.09. The summed E-state index contributed by atoms with van der Waals surface area (Å²) in [5.74, 6) is -1.31. The molecule has 1 N–H and O–H groups in total. The van der Waals surface area contributed by atoms with Crippen LogP contribution >= 0.6 is 0 Å². The van der Waals surface area contributed by atoms with Gasteiger partial charge in [-0.3, -0.25) is 13.9 Å². The number of sulfonamides is 1. The van der Waals surface area contributed by atoms with E-state index in [1.165, 1.54) is 23.1 Å². The lowest BCUT2D eigenvalue weighted by Crippen LogP contribution is -2.51. The predicted molar refractivity (Wildman–Crippen MR) is 128 cm³/mol. The molecule has 0 aliphatic heterocycles. The number of carbonyl (C=O) groups excluding carboxylic acids is 2. The van der Waals surface area contributed by atoms with Crippen molar-refractivity contribution in [1.29, 1.82) is 0 Å². The van der Waals surface area contributed by atoms with Gasteiger partial charge in [0.1, 0.15) is 18.4 Å². The number of hydrogen-bond donors (Lipinski definition) is 1. The summed E-state index contributed by atoms with van der Waals surface area (Å²) < 4.78 is 40.5.